The van der Waals surface area contributed by atoms with Gasteiger partial charge in [-0.25, -0.2) is 0 Å². The Labute approximate surface area is 122 Å². The Kier molecular flexibility index (Phi) is 4.10. The van der Waals surface area contributed by atoms with Gasteiger partial charge < -0.3 is 14.2 Å². The maximum atomic E-state index is 5.85. The van der Waals surface area contributed by atoms with E-state index >= 15 is 0 Å². The Bertz CT molecular complexity index is 402. The molecule has 2 fully saturated rings. The standard InChI is InChI=1S/C15H19BrO3/c16-13-1-3-14(4-2-13)17-11-12-5-7-15(8-6-12)18-9-10-19-15/h1-4,12H,5-11H2. The van der Waals surface area contributed by atoms with Crippen molar-refractivity contribution in [2.75, 3.05) is 19.8 Å². The summed E-state index contributed by atoms with van der Waals surface area (Å²) in [4.78, 5) is 0. The zero-order chi connectivity index (χ0) is 13.1. The molecule has 3 nitrogen and oxygen atoms in total. The molecule has 1 aliphatic carbocycles. The molecule has 0 atom stereocenters. The zero-order valence-corrected chi connectivity index (χ0v) is 12.5. The van der Waals surface area contributed by atoms with E-state index in [4.69, 9.17) is 14.2 Å². The van der Waals surface area contributed by atoms with Gasteiger partial charge in [0.05, 0.1) is 19.8 Å². The van der Waals surface area contributed by atoms with Gasteiger partial charge in [-0.2, -0.15) is 0 Å². The monoisotopic (exact) mass is 326 g/mol. The van der Waals surface area contributed by atoms with Crippen LogP contribution in [0.4, 0.5) is 0 Å². The van der Waals surface area contributed by atoms with Crippen LogP contribution in [-0.4, -0.2) is 25.6 Å². The molecule has 0 radical (unpaired) electrons. The lowest BCUT2D eigenvalue weighted by molar-refractivity contribution is -0.183. The van der Waals surface area contributed by atoms with Crippen molar-refractivity contribution in [2.24, 2.45) is 5.92 Å². The van der Waals surface area contributed by atoms with Gasteiger partial charge in [-0.05, 0) is 43.0 Å². The minimum atomic E-state index is -0.256. The molecule has 19 heavy (non-hydrogen) atoms. The van der Waals surface area contributed by atoms with Gasteiger partial charge in [0, 0.05) is 17.3 Å². The first-order chi connectivity index (χ1) is 9.26. The predicted molar refractivity (Wildman–Crippen MR) is 76.2 cm³/mol. The normalized spacial score (nSPS) is 22.8. The van der Waals surface area contributed by atoms with Gasteiger partial charge in [0.2, 0.25) is 0 Å². The van der Waals surface area contributed by atoms with Gasteiger partial charge in [-0.15, -0.1) is 0 Å². The molecule has 1 aromatic rings. The molecular weight excluding hydrogens is 308 g/mol. The van der Waals surface area contributed by atoms with Gasteiger partial charge in [0.1, 0.15) is 5.75 Å². The lowest BCUT2D eigenvalue weighted by Gasteiger charge is -2.35. The van der Waals surface area contributed by atoms with E-state index in [0.717, 1.165) is 55.7 Å². The average Bonchev–Trinajstić information content (AvgIpc) is 2.89. The maximum Gasteiger partial charge on any atom is 0.168 e. The molecule has 0 unspecified atom stereocenters. The first kappa shape index (κ1) is 13.4. The van der Waals surface area contributed by atoms with E-state index in [1.807, 2.05) is 24.3 Å². The second-order valence-corrected chi connectivity index (χ2v) is 6.23. The van der Waals surface area contributed by atoms with E-state index in [-0.39, 0.29) is 5.79 Å². The second-order valence-electron chi connectivity index (χ2n) is 5.32. The van der Waals surface area contributed by atoms with Crippen molar-refractivity contribution in [3.05, 3.63) is 28.7 Å². The summed E-state index contributed by atoms with van der Waals surface area (Å²) in [6, 6.07) is 8.01. The molecule has 1 spiro atoms. The van der Waals surface area contributed by atoms with Crippen LogP contribution < -0.4 is 4.74 Å². The minimum absolute atomic E-state index is 0.256. The smallest absolute Gasteiger partial charge is 0.168 e. The molecule has 0 N–H and O–H groups in total. The number of ether oxygens (including phenoxy) is 3. The fourth-order valence-electron chi connectivity index (χ4n) is 2.81. The molecule has 4 heteroatoms. The first-order valence-electron chi connectivity index (χ1n) is 6.92. The van der Waals surface area contributed by atoms with E-state index in [0.29, 0.717) is 5.92 Å². The highest BCUT2D eigenvalue weighted by molar-refractivity contribution is 9.10. The van der Waals surface area contributed by atoms with Crippen molar-refractivity contribution in [2.45, 2.75) is 31.5 Å². The summed E-state index contributed by atoms with van der Waals surface area (Å²) in [5, 5.41) is 0. The first-order valence-corrected chi connectivity index (χ1v) is 7.71. The Morgan fingerprint density at radius 3 is 2.37 bits per heavy atom. The number of hydrogen-bond acceptors (Lipinski definition) is 3. The highest BCUT2D eigenvalue weighted by Crippen LogP contribution is 2.38. The zero-order valence-electron chi connectivity index (χ0n) is 10.9. The minimum Gasteiger partial charge on any atom is -0.493 e. The van der Waals surface area contributed by atoms with Gasteiger partial charge in [0.15, 0.2) is 5.79 Å². The molecule has 104 valence electrons. The van der Waals surface area contributed by atoms with Crippen LogP contribution in [0.15, 0.2) is 28.7 Å². The van der Waals surface area contributed by atoms with E-state index in [9.17, 15) is 0 Å². The van der Waals surface area contributed by atoms with Crippen LogP contribution in [0.1, 0.15) is 25.7 Å². The molecule has 1 saturated heterocycles. The molecule has 2 aliphatic rings. The Hall–Kier alpha value is -0.580. The molecular formula is C15H19BrO3. The summed E-state index contributed by atoms with van der Waals surface area (Å²) in [5.74, 6) is 1.30. The van der Waals surface area contributed by atoms with E-state index < -0.39 is 0 Å². The third-order valence-electron chi connectivity index (χ3n) is 3.98. The fraction of sp³-hybridized carbons (Fsp3) is 0.600. The summed E-state index contributed by atoms with van der Waals surface area (Å²) < 4.78 is 18.4. The predicted octanol–water partition coefficient (Wildman–Crippen LogP) is 3.76. The van der Waals surface area contributed by atoms with E-state index in [1.54, 1.807) is 0 Å². The molecule has 1 aliphatic heterocycles. The lowest BCUT2D eigenvalue weighted by atomic mass is 9.85. The van der Waals surface area contributed by atoms with Crippen molar-refractivity contribution in [1.29, 1.82) is 0 Å². The van der Waals surface area contributed by atoms with Gasteiger partial charge in [-0.3, -0.25) is 0 Å². The fourth-order valence-corrected chi connectivity index (χ4v) is 3.08. The van der Waals surface area contributed by atoms with Crippen molar-refractivity contribution >= 4 is 15.9 Å². The van der Waals surface area contributed by atoms with Crippen molar-refractivity contribution in [1.82, 2.24) is 0 Å². The molecule has 1 heterocycles. The van der Waals surface area contributed by atoms with Crippen molar-refractivity contribution in [3.8, 4) is 5.75 Å². The molecule has 1 aromatic carbocycles. The van der Waals surface area contributed by atoms with Crippen molar-refractivity contribution in [3.63, 3.8) is 0 Å². The summed E-state index contributed by atoms with van der Waals surface area (Å²) >= 11 is 3.42. The summed E-state index contributed by atoms with van der Waals surface area (Å²) in [7, 11) is 0. The molecule has 1 saturated carbocycles. The summed E-state index contributed by atoms with van der Waals surface area (Å²) in [5.41, 5.74) is 0. The third kappa shape index (κ3) is 3.30. The van der Waals surface area contributed by atoms with Gasteiger partial charge in [0.25, 0.3) is 0 Å². The van der Waals surface area contributed by atoms with Crippen LogP contribution in [0.2, 0.25) is 0 Å². The second kappa shape index (κ2) is 5.81. The number of halogens is 1. The Morgan fingerprint density at radius 2 is 1.74 bits per heavy atom. The van der Waals surface area contributed by atoms with Crippen LogP contribution in [0, 0.1) is 5.92 Å². The number of rotatable bonds is 3. The Balaban J connectivity index is 1.46. The van der Waals surface area contributed by atoms with Crippen LogP contribution in [0.25, 0.3) is 0 Å². The SMILES string of the molecule is Brc1ccc(OCC2CCC3(CC2)OCCO3)cc1. The van der Waals surface area contributed by atoms with E-state index in [1.165, 1.54) is 0 Å². The summed E-state index contributed by atoms with van der Waals surface area (Å²) in [6.07, 6.45) is 4.25. The van der Waals surface area contributed by atoms with Gasteiger partial charge in [-0.1, -0.05) is 15.9 Å². The highest BCUT2D eigenvalue weighted by atomic mass is 79.9. The van der Waals surface area contributed by atoms with Crippen LogP contribution in [0.5, 0.6) is 5.75 Å². The quantitative estimate of drug-likeness (QED) is 0.846. The average molecular weight is 327 g/mol. The third-order valence-corrected chi connectivity index (χ3v) is 4.51. The number of hydrogen-bond donors (Lipinski definition) is 0. The van der Waals surface area contributed by atoms with E-state index in [2.05, 4.69) is 15.9 Å². The topological polar surface area (TPSA) is 27.7 Å². The molecule has 0 amide bonds. The highest BCUT2D eigenvalue weighted by Gasteiger charge is 2.40. The Morgan fingerprint density at radius 1 is 1.11 bits per heavy atom. The lowest BCUT2D eigenvalue weighted by Crippen LogP contribution is -2.36. The van der Waals surface area contributed by atoms with Crippen molar-refractivity contribution < 1.29 is 14.2 Å². The molecule has 0 aromatic heterocycles. The van der Waals surface area contributed by atoms with Crippen LogP contribution in [0.3, 0.4) is 0 Å². The largest absolute Gasteiger partial charge is 0.493 e. The number of benzene rings is 1. The summed E-state index contributed by atoms with van der Waals surface area (Å²) in [6.45, 7) is 2.29. The van der Waals surface area contributed by atoms with Crippen LogP contribution in [-0.2, 0) is 9.47 Å². The van der Waals surface area contributed by atoms with Crippen LogP contribution >= 0.6 is 15.9 Å². The molecule has 3 rings (SSSR count). The van der Waals surface area contributed by atoms with Gasteiger partial charge >= 0.3 is 0 Å². The molecule has 0 bridgehead atoms. The maximum absolute atomic E-state index is 5.85.